The summed E-state index contributed by atoms with van der Waals surface area (Å²) in [6.07, 6.45) is 18.5. The summed E-state index contributed by atoms with van der Waals surface area (Å²) in [6, 6.07) is 0. The summed E-state index contributed by atoms with van der Waals surface area (Å²) in [7, 11) is 0. The third-order valence-corrected chi connectivity index (χ3v) is 3.77. The second kappa shape index (κ2) is 16.9. The molecule has 0 bridgehead atoms. The first-order valence-electron chi connectivity index (χ1n) is 9.34. The molecule has 0 atom stereocenters. The summed E-state index contributed by atoms with van der Waals surface area (Å²) in [5, 5.41) is 22.3. The Morgan fingerprint density at radius 1 is 0.852 bits per heavy atom. The molecule has 0 aromatic carbocycles. The predicted octanol–water partition coefficient (Wildman–Crippen LogP) is 5.45. The largest absolute Gasteiger partial charge is 0.291 e. The molecule has 149 valence electrons. The van der Waals surface area contributed by atoms with Gasteiger partial charge in [0.05, 0.1) is 9.85 Å². The number of rotatable bonds is 16. The molecule has 0 spiro atoms. The molecule has 7 nitrogen and oxygen atoms in total. The second-order valence-electron chi connectivity index (χ2n) is 6.00. The number of carbonyl (C=O) groups excluding carboxylic acids is 1. The molecule has 0 unspecified atom stereocenters. The average Bonchev–Trinajstić information content (AvgIpc) is 2.63. The maximum absolute atomic E-state index is 11.2. The fraction of sp³-hybridized carbons (Fsp3) is 0.550. The molecule has 0 rings (SSSR count). The number of nitrogens with zero attached hydrogens (tertiary/aromatic N) is 2. The molecule has 0 N–H and O–H groups in total. The van der Waals surface area contributed by atoms with Gasteiger partial charge >= 0.3 is 0 Å². The zero-order valence-corrected chi connectivity index (χ0v) is 16.0. The Kier molecular flexibility index (Phi) is 15.3. The van der Waals surface area contributed by atoms with Crippen molar-refractivity contribution in [3.05, 3.63) is 68.1 Å². The van der Waals surface area contributed by atoms with Crippen molar-refractivity contribution >= 4 is 6.29 Å². The number of unbranched alkanes of at least 4 members (excludes halogenated alkanes) is 5. The molecule has 27 heavy (non-hydrogen) atoms. The van der Waals surface area contributed by atoms with Gasteiger partial charge in [0, 0.05) is 6.42 Å². The highest BCUT2D eigenvalue weighted by Gasteiger charge is 2.20. The molecule has 0 aromatic rings. The van der Waals surface area contributed by atoms with E-state index in [-0.39, 0.29) is 17.8 Å². The third-order valence-electron chi connectivity index (χ3n) is 3.77. The summed E-state index contributed by atoms with van der Waals surface area (Å²) < 4.78 is 0. The molecule has 0 heterocycles. The van der Waals surface area contributed by atoms with E-state index < -0.39 is 9.85 Å². The van der Waals surface area contributed by atoms with E-state index in [0.29, 0.717) is 19.3 Å². The van der Waals surface area contributed by atoms with Gasteiger partial charge in [0.1, 0.15) is 6.42 Å². The van der Waals surface area contributed by atoms with E-state index in [9.17, 15) is 25.0 Å². The van der Waals surface area contributed by atoms with E-state index in [0.717, 1.165) is 38.5 Å². The van der Waals surface area contributed by atoms with Crippen LogP contribution >= 0.6 is 0 Å². The molecular weight excluding hydrogens is 348 g/mol. The fourth-order valence-corrected chi connectivity index (χ4v) is 2.31. The van der Waals surface area contributed by atoms with Crippen molar-refractivity contribution in [1.82, 2.24) is 0 Å². The molecule has 0 saturated heterocycles. The van der Waals surface area contributed by atoms with E-state index in [1.807, 2.05) is 37.5 Å². The number of hydrogen-bond acceptors (Lipinski definition) is 5. The van der Waals surface area contributed by atoms with E-state index in [2.05, 4.69) is 0 Å². The van der Waals surface area contributed by atoms with Crippen LogP contribution in [-0.2, 0) is 4.79 Å². The van der Waals surface area contributed by atoms with Gasteiger partial charge in [-0.1, -0.05) is 44.1 Å². The van der Waals surface area contributed by atoms with Crippen LogP contribution < -0.4 is 0 Å². The minimum Gasteiger partial charge on any atom is -0.291 e. The van der Waals surface area contributed by atoms with Gasteiger partial charge in [0.15, 0.2) is 6.29 Å². The Bertz CT molecular complexity index is 577. The van der Waals surface area contributed by atoms with Crippen LogP contribution in [0.15, 0.2) is 47.9 Å². The van der Waals surface area contributed by atoms with Gasteiger partial charge < -0.3 is 0 Å². The Labute approximate surface area is 160 Å². The maximum atomic E-state index is 11.2. The zero-order chi connectivity index (χ0) is 20.3. The standard InChI is InChI=1S/C20H29N2O5/c1-2-3-4-5-6-9-12-15-19(21(24)25)18-20(22(26)27)16-13-10-7-8-11-14-17-23/h3-4,6,9,15-16H,2,5,7-8,10-14,18H2,1H3/b4-3-,9-6-,19-15+,20-16+. The van der Waals surface area contributed by atoms with Crippen LogP contribution in [0.3, 0.4) is 0 Å². The van der Waals surface area contributed by atoms with Crippen LogP contribution in [0.2, 0.25) is 0 Å². The first kappa shape index (κ1) is 24.4. The molecule has 0 saturated carbocycles. The van der Waals surface area contributed by atoms with Crippen molar-refractivity contribution < 1.29 is 14.6 Å². The van der Waals surface area contributed by atoms with Crippen LogP contribution in [0.25, 0.3) is 0 Å². The number of nitro groups is 2. The first-order valence-corrected chi connectivity index (χ1v) is 9.34. The number of hydrogen-bond donors (Lipinski definition) is 0. The predicted molar refractivity (Wildman–Crippen MR) is 106 cm³/mol. The lowest BCUT2D eigenvalue weighted by Gasteiger charge is -1.99. The smallest absolute Gasteiger partial charge is 0.253 e. The zero-order valence-electron chi connectivity index (χ0n) is 16.0. The van der Waals surface area contributed by atoms with E-state index in [4.69, 9.17) is 0 Å². The lowest BCUT2D eigenvalue weighted by Crippen LogP contribution is -2.06. The highest BCUT2D eigenvalue weighted by atomic mass is 16.6. The van der Waals surface area contributed by atoms with Gasteiger partial charge in [-0.15, -0.1) is 0 Å². The summed E-state index contributed by atoms with van der Waals surface area (Å²) in [6.45, 7) is 2.04. The molecular formula is C20H29N2O5. The SMILES string of the molecule is CC/C=C\C/C=C\C/C=C(\C/C(=C\CCCCCC[C]=O)[N+](=O)[O-])[N+](=O)[O-]. The number of allylic oxidation sites excluding steroid dienone is 6. The minimum absolute atomic E-state index is 0.144. The summed E-state index contributed by atoms with van der Waals surface area (Å²) >= 11 is 0. The molecule has 7 heteroatoms. The van der Waals surface area contributed by atoms with Crippen LogP contribution in [0.1, 0.15) is 71.1 Å². The third kappa shape index (κ3) is 14.3. The Hall–Kier alpha value is -2.57. The van der Waals surface area contributed by atoms with Crippen molar-refractivity contribution in [3.8, 4) is 0 Å². The Morgan fingerprint density at radius 3 is 2.07 bits per heavy atom. The molecule has 0 fully saturated rings. The van der Waals surface area contributed by atoms with Crippen molar-refractivity contribution in [3.63, 3.8) is 0 Å². The minimum atomic E-state index is -0.557. The van der Waals surface area contributed by atoms with E-state index >= 15 is 0 Å². The van der Waals surface area contributed by atoms with E-state index in [1.165, 1.54) is 12.2 Å². The lowest BCUT2D eigenvalue weighted by atomic mass is 10.1. The van der Waals surface area contributed by atoms with Gasteiger partial charge in [-0.3, -0.25) is 25.0 Å². The van der Waals surface area contributed by atoms with Gasteiger partial charge in [-0.05, 0) is 50.7 Å². The summed E-state index contributed by atoms with van der Waals surface area (Å²) in [4.78, 5) is 31.3. The molecule has 0 aliphatic rings. The van der Waals surface area contributed by atoms with Crippen LogP contribution in [0.5, 0.6) is 0 Å². The summed E-state index contributed by atoms with van der Waals surface area (Å²) in [5.74, 6) is 0. The average molecular weight is 377 g/mol. The first-order chi connectivity index (χ1) is 13.0. The summed E-state index contributed by atoms with van der Waals surface area (Å²) in [5.41, 5.74) is -0.303. The van der Waals surface area contributed by atoms with Crippen LogP contribution in [0, 0.1) is 20.2 Å². The van der Waals surface area contributed by atoms with Crippen molar-refractivity contribution in [2.45, 2.75) is 71.1 Å². The van der Waals surface area contributed by atoms with Crippen LogP contribution in [-0.4, -0.2) is 16.1 Å². The van der Waals surface area contributed by atoms with Gasteiger partial charge in [0.25, 0.3) is 11.4 Å². The maximum Gasteiger partial charge on any atom is 0.253 e. The van der Waals surface area contributed by atoms with Crippen molar-refractivity contribution in [1.29, 1.82) is 0 Å². The Morgan fingerprint density at radius 2 is 1.44 bits per heavy atom. The normalized spacial score (nSPS) is 12.8. The quantitative estimate of drug-likeness (QED) is 0.154. The van der Waals surface area contributed by atoms with Gasteiger partial charge in [-0.25, -0.2) is 0 Å². The van der Waals surface area contributed by atoms with E-state index in [1.54, 1.807) is 0 Å². The molecule has 0 aliphatic heterocycles. The molecule has 1 radical (unpaired) electrons. The second-order valence-corrected chi connectivity index (χ2v) is 6.00. The Balaban J connectivity index is 4.60. The molecule has 0 amide bonds. The van der Waals surface area contributed by atoms with Crippen molar-refractivity contribution in [2.24, 2.45) is 0 Å². The molecule has 0 aliphatic carbocycles. The van der Waals surface area contributed by atoms with Crippen LogP contribution in [0.4, 0.5) is 0 Å². The van der Waals surface area contributed by atoms with Crippen molar-refractivity contribution in [2.75, 3.05) is 0 Å². The highest BCUT2D eigenvalue weighted by Crippen LogP contribution is 2.16. The van der Waals surface area contributed by atoms with Gasteiger partial charge in [-0.2, -0.15) is 0 Å². The highest BCUT2D eigenvalue weighted by molar-refractivity contribution is 5.50. The lowest BCUT2D eigenvalue weighted by molar-refractivity contribution is -0.450. The topological polar surface area (TPSA) is 103 Å². The monoisotopic (exact) mass is 377 g/mol. The molecule has 0 aromatic heterocycles. The van der Waals surface area contributed by atoms with Gasteiger partial charge in [0.2, 0.25) is 0 Å². The fourth-order valence-electron chi connectivity index (χ4n) is 2.31.